The molecule has 2 aromatic carbocycles. The first-order valence-corrected chi connectivity index (χ1v) is 13.2. The van der Waals surface area contributed by atoms with Crippen molar-refractivity contribution in [3.63, 3.8) is 0 Å². The minimum absolute atomic E-state index is 0. The van der Waals surface area contributed by atoms with Crippen molar-refractivity contribution in [1.29, 1.82) is 0 Å². The van der Waals surface area contributed by atoms with E-state index in [2.05, 4.69) is 74.7 Å². The molecule has 0 aliphatic carbocycles. The molecule has 3 aromatic rings. The van der Waals surface area contributed by atoms with Crippen LogP contribution < -0.4 is 10.2 Å². The molecule has 1 aromatic heterocycles. The molecule has 0 unspecified atom stereocenters. The van der Waals surface area contributed by atoms with Gasteiger partial charge in [-0.25, -0.2) is 9.97 Å². The van der Waals surface area contributed by atoms with Gasteiger partial charge < -0.3 is 10.2 Å². The molecule has 0 bridgehead atoms. The van der Waals surface area contributed by atoms with Crippen LogP contribution in [0.4, 0.5) is 5.69 Å². The van der Waals surface area contributed by atoms with Gasteiger partial charge >= 0.3 is 16.5 Å². The SMILES string of the molecule is CC(C)(C)c1cc([O-])c([O-])c(C(C)(C)C)c1.CC(C)(C)c1ccc(C(C)(C)C)c(N=Cc2ncccn2)c1.[Ni+2]. The Balaban J connectivity index is 0.000000399. The van der Waals surface area contributed by atoms with Gasteiger partial charge in [-0.3, -0.25) is 4.99 Å². The topological polar surface area (TPSA) is 84.3 Å². The number of aliphatic imine (C=N–C) groups is 1. The summed E-state index contributed by atoms with van der Waals surface area (Å²) in [4.78, 5) is 13.1. The standard InChI is InChI=1S/C19H25N3.C14H22O2.Ni/c1-18(2,3)14-8-9-15(19(4,5)6)16(12-14)22-13-17-20-10-7-11-21-17;1-13(2,3)9-7-10(14(4,5)6)12(16)11(15)8-9;/h7-13H,1-6H3;7-8,15-16H,1-6H3;/q;;+2/p-2. The zero-order valence-electron chi connectivity index (χ0n) is 25.7. The third-order valence-electron chi connectivity index (χ3n) is 6.31. The molecule has 0 fully saturated rings. The normalized spacial score (nSPS) is 12.5. The fraction of sp³-hybridized carbons (Fsp3) is 0.485. The van der Waals surface area contributed by atoms with Crippen LogP contribution in [0.5, 0.6) is 11.5 Å². The van der Waals surface area contributed by atoms with Crippen molar-refractivity contribution in [2.45, 2.75) is 105 Å². The van der Waals surface area contributed by atoms with Crippen LogP contribution in [-0.2, 0) is 38.2 Å². The number of hydrogen-bond donors (Lipinski definition) is 0. The van der Waals surface area contributed by atoms with Gasteiger partial charge in [0.25, 0.3) is 0 Å². The molecule has 0 N–H and O–H groups in total. The molecule has 0 aliphatic rings. The second-order valence-electron chi connectivity index (χ2n) is 13.9. The maximum Gasteiger partial charge on any atom is 2.00 e. The number of nitrogens with zero attached hydrogens (tertiary/aromatic N) is 3. The van der Waals surface area contributed by atoms with E-state index in [1.165, 1.54) is 17.2 Å². The van der Waals surface area contributed by atoms with Crippen LogP contribution in [0, 0.1) is 0 Å². The quantitative estimate of drug-likeness (QED) is 0.239. The van der Waals surface area contributed by atoms with E-state index >= 15 is 0 Å². The van der Waals surface area contributed by atoms with Crippen LogP contribution in [-0.4, -0.2) is 16.2 Å². The van der Waals surface area contributed by atoms with E-state index in [4.69, 9.17) is 0 Å². The van der Waals surface area contributed by atoms with Gasteiger partial charge in [-0.15, -0.1) is 11.5 Å². The molecular weight excluding hydrogens is 529 g/mol. The van der Waals surface area contributed by atoms with Crippen molar-refractivity contribution in [2.75, 3.05) is 0 Å². The third-order valence-corrected chi connectivity index (χ3v) is 6.31. The monoisotopic (exact) mass is 573 g/mol. The van der Waals surface area contributed by atoms with Gasteiger partial charge in [0.05, 0.1) is 11.9 Å². The minimum Gasteiger partial charge on any atom is -0.873 e. The van der Waals surface area contributed by atoms with Crippen LogP contribution >= 0.6 is 0 Å². The summed E-state index contributed by atoms with van der Waals surface area (Å²) >= 11 is 0. The maximum absolute atomic E-state index is 11.8. The van der Waals surface area contributed by atoms with Gasteiger partial charge in [-0.05, 0) is 50.5 Å². The fourth-order valence-corrected chi connectivity index (χ4v) is 3.84. The van der Waals surface area contributed by atoms with Gasteiger partial charge in [0.2, 0.25) is 0 Å². The smallest absolute Gasteiger partial charge is 0.873 e. The Labute approximate surface area is 246 Å². The molecule has 0 radical (unpaired) electrons. The number of hydrogen-bond acceptors (Lipinski definition) is 5. The Morgan fingerprint density at radius 2 is 1.15 bits per heavy atom. The van der Waals surface area contributed by atoms with E-state index in [1.807, 2.05) is 47.6 Å². The Kier molecular flexibility index (Phi) is 11.1. The molecule has 0 saturated heterocycles. The molecule has 5 nitrogen and oxygen atoms in total. The van der Waals surface area contributed by atoms with Crippen molar-refractivity contribution in [2.24, 2.45) is 4.99 Å². The van der Waals surface area contributed by atoms with E-state index in [9.17, 15) is 10.2 Å². The summed E-state index contributed by atoms with van der Waals surface area (Å²) in [6, 6.07) is 11.7. The van der Waals surface area contributed by atoms with Gasteiger partial charge in [0.1, 0.15) is 0 Å². The number of benzene rings is 2. The molecule has 0 atom stereocenters. The van der Waals surface area contributed by atoms with E-state index in [0.29, 0.717) is 11.4 Å². The van der Waals surface area contributed by atoms with Crippen molar-refractivity contribution in [1.82, 2.24) is 9.97 Å². The zero-order chi connectivity index (χ0) is 29.1. The molecule has 1 heterocycles. The predicted molar refractivity (Wildman–Crippen MR) is 156 cm³/mol. The summed E-state index contributed by atoms with van der Waals surface area (Å²) < 4.78 is 0. The maximum atomic E-state index is 11.8. The summed E-state index contributed by atoms with van der Waals surface area (Å²) in [5, 5.41) is 23.4. The van der Waals surface area contributed by atoms with E-state index in [-0.39, 0.29) is 43.9 Å². The van der Waals surface area contributed by atoms with Crippen molar-refractivity contribution >= 4 is 11.9 Å². The van der Waals surface area contributed by atoms with Gasteiger partial charge in [-0.1, -0.05) is 113 Å². The summed E-state index contributed by atoms with van der Waals surface area (Å²) in [5.41, 5.74) is 4.81. The van der Waals surface area contributed by atoms with Crippen molar-refractivity contribution in [3.05, 3.63) is 76.9 Å². The third kappa shape index (κ3) is 9.76. The first-order chi connectivity index (χ1) is 17.2. The largest absolute Gasteiger partial charge is 2.00 e. The van der Waals surface area contributed by atoms with E-state index in [1.54, 1.807) is 24.7 Å². The van der Waals surface area contributed by atoms with Crippen LogP contribution in [0.3, 0.4) is 0 Å². The van der Waals surface area contributed by atoms with Crippen LogP contribution in [0.2, 0.25) is 0 Å². The Morgan fingerprint density at radius 1 is 0.641 bits per heavy atom. The summed E-state index contributed by atoms with van der Waals surface area (Å²) in [6.45, 7) is 25.2. The van der Waals surface area contributed by atoms with Crippen LogP contribution in [0.25, 0.3) is 0 Å². The molecule has 0 saturated carbocycles. The molecule has 0 amide bonds. The minimum atomic E-state index is -0.391. The molecular formula is C33H45N3NiO2. The van der Waals surface area contributed by atoms with Gasteiger partial charge in [-0.2, -0.15) is 0 Å². The van der Waals surface area contributed by atoms with E-state index in [0.717, 1.165) is 11.3 Å². The molecule has 3 rings (SSSR count). The van der Waals surface area contributed by atoms with Gasteiger partial charge in [0.15, 0.2) is 5.82 Å². The van der Waals surface area contributed by atoms with Crippen LogP contribution in [0.15, 0.2) is 53.8 Å². The Hall–Kier alpha value is -2.72. The first kappa shape index (κ1) is 34.3. The molecule has 6 heteroatoms. The summed E-state index contributed by atoms with van der Waals surface area (Å²) in [5.74, 6) is -0.124. The van der Waals surface area contributed by atoms with E-state index < -0.39 is 5.75 Å². The molecule has 39 heavy (non-hydrogen) atoms. The predicted octanol–water partition coefficient (Wildman–Crippen LogP) is 7.25. The van der Waals surface area contributed by atoms with Crippen molar-refractivity contribution in [3.8, 4) is 11.5 Å². The summed E-state index contributed by atoms with van der Waals surface area (Å²) in [6.07, 6.45) is 5.19. The molecule has 0 spiro atoms. The fourth-order valence-electron chi connectivity index (χ4n) is 3.84. The average Bonchev–Trinajstić information content (AvgIpc) is 2.77. The number of rotatable bonds is 2. The second-order valence-corrected chi connectivity index (χ2v) is 13.9. The number of aromatic nitrogens is 2. The second kappa shape index (κ2) is 12.6. The Morgan fingerprint density at radius 3 is 1.62 bits per heavy atom. The van der Waals surface area contributed by atoms with Crippen molar-refractivity contribution < 1.29 is 26.7 Å². The molecule has 0 aliphatic heterocycles. The average molecular weight is 574 g/mol. The first-order valence-electron chi connectivity index (χ1n) is 13.2. The Bertz CT molecular complexity index is 1260. The molecule has 214 valence electrons. The van der Waals surface area contributed by atoms with Crippen LogP contribution in [0.1, 0.15) is 111 Å². The summed E-state index contributed by atoms with van der Waals surface area (Å²) in [7, 11) is 0. The van der Waals surface area contributed by atoms with Gasteiger partial charge in [0, 0.05) is 12.4 Å². The zero-order valence-corrected chi connectivity index (χ0v) is 26.7.